The van der Waals surface area contributed by atoms with Gasteiger partial charge in [0.2, 0.25) is 0 Å². The van der Waals surface area contributed by atoms with Gasteiger partial charge in [-0.05, 0) is 43.2 Å². The van der Waals surface area contributed by atoms with Crippen LogP contribution >= 0.6 is 0 Å². The van der Waals surface area contributed by atoms with E-state index in [0.29, 0.717) is 13.1 Å². The Morgan fingerprint density at radius 3 is 2.38 bits per heavy atom. The van der Waals surface area contributed by atoms with E-state index in [9.17, 15) is 8.42 Å². The molecule has 3 rings (SSSR count). The smallest absolute Gasteiger partial charge is 0.280 e. The first-order chi connectivity index (χ1) is 11.3. The van der Waals surface area contributed by atoms with Crippen molar-refractivity contribution < 1.29 is 13.2 Å². The van der Waals surface area contributed by atoms with E-state index in [-0.39, 0.29) is 18.2 Å². The number of fused-ring (bicyclic) bond motifs is 1. The molecule has 130 valence electrons. The van der Waals surface area contributed by atoms with Crippen LogP contribution in [0.1, 0.15) is 32.4 Å². The zero-order chi connectivity index (χ0) is 17.3. The molecule has 6 heteroatoms. The summed E-state index contributed by atoms with van der Waals surface area (Å²) in [6.45, 7) is 6.42. The van der Waals surface area contributed by atoms with Crippen molar-refractivity contribution in [2.24, 2.45) is 0 Å². The number of morpholine rings is 1. The van der Waals surface area contributed by atoms with Crippen molar-refractivity contribution in [2.45, 2.75) is 39.0 Å². The number of nitrogens with one attached hydrogen (secondary N) is 1. The van der Waals surface area contributed by atoms with Crippen molar-refractivity contribution in [1.29, 1.82) is 0 Å². The highest BCUT2D eigenvalue weighted by Gasteiger charge is 2.31. The first kappa shape index (κ1) is 17.4. The molecule has 1 saturated heterocycles. The molecule has 1 fully saturated rings. The Labute approximate surface area is 143 Å². The standard InChI is InChI=1S/C18H24N2O3S/c1-13-11-20(12-14(2)23-13)24(21,22)19-15(3)17-9-8-16-6-4-5-7-18(16)10-17/h4-10,13-15,19H,11-12H2,1-3H3. The summed E-state index contributed by atoms with van der Waals surface area (Å²) in [5.74, 6) is 0. The minimum absolute atomic E-state index is 0.0960. The molecule has 0 aliphatic carbocycles. The van der Waals surface area contributed by atoms with Crippen molar-refractivity contribution in [3.05, 3.63) is 48.0 Å². The Kier molecular flexibility index (Phi) is 4.92. The van der Waals surface area contributed by atoms with Gasteiger partial charge in [-0.2, -0.15) is 17.4 Å². The molecule has 5 nitrogen and oxygen atoms in total. The Morgan fingerprint density at radius 2 is 1.71 bits per heavy atom. The molecule has 1 aliphatic rings. The predicted octanol–water partition coefficient (Wildman–Crippen LogP) is 2.84. The number of nitrogens with zero attached hydrogens (tertiary/aromatic N) is 1. The van der Waals surface area contributed by atoms with Crippen molar-refractivity contribution in [3.63, 3.8) is 0 Å². The highest BCUT2D eigenvalue weighted by molar-refractivity contribution is 7.87. The maximum atomic E-state index is 12.7. The van der Waals surface area contributed by atoms with Crippen LogP contribution in [0.25, 0.3) is 10.8 Å². The Balaban J connectivity index is 1.78. The lowest BCUT2D eigenvalue weighted by Gasteiger charge is -2.35. The van der Waals surface area contributed by atoms with Gasteiger partial charge in [0, 0.05) is 19.1 Å². The van der Waals surface area contributed by atoms with Crippen LogP contribution in [0.4, 0.5) is 0 Å². The van der Waals surface area contributed by atoms with E-state index in [2.05, 4.69) is 4.72 Å². The summed E-state index contributed by atoms with van der Waals surface area (Å²) in [6.07, 6.45) is -0.192. The largest absolute Gasteiger partial charge is 0.373 e. The highest BCUT2D eigenvalue weighted by atomic mass is 32.2. The van der Waals surface area contributed by atoms with Gasteiger partial charge < -0.3 is 4.74 Å². The first-order valence-corrected chi connectivity index (χ1v) is 9.71. The monoisotopic (exact) mass is 348 g/mol. The third-order valence-corrected chi connectivity index (χ3v) is 5.95. The summed E-state index contributed by atoms with van der Waals surface area (Å²) in [7, 11) is -3.55. The number of benzene rings is 2. The van der Waals surface area contributed by atoms with Crippen LogP contribution in [-0.2, 0) is 14.9 Å². The van der Waals surface area contributed by atoms with Gasteiger partial charge in [0.05, 0.1) is 12.2 Å². The summed E-state index contributed by atoms with van der Waals surface area (Å²) in [4.78, 5) is 0. The van der Waals surface area contributed by atoms with Crippen LogP contribution in [-0.4, -0.2) is 38.0 Å². The van der Waals surface area contributed by atoms with Crippen LogP contribution in [0.5, 0.6) is 0 Å². The fraction of sp³-hybridized carbons (Fsp3) is 0.444. The SMILES string of the molecule is CC1CN(S(=O)(=O)NC(C)c2ccc3ccccc3c2)CC(C)O1. The second kappa shape index (κ2) is 6.80. The number of hydrogen-bond donors (Lipinski definition) is 1. The summed E-state index contributed by atoms with van der Waals surface area (Å²) in [6, 6.07) is 13.8. The number of ether oxygens (including phenoxy) is 1. The van der Waals surface area contributed by atoms with Crippen LogP contribution in [0.3, 0.4) is 0 Å². The average molecular weight is 348 g/mol. The molecule has 1 N–H and O–H groups in total. The zero-order valence-electron chi connectivity index (χ0n) is 14.3. The van der Waals surface area contributed by atoms with Crippen LogP contribution in [0.15, 0.2) is 42.5 Å². The minimum Gasteiger partial charge on any atom is -0.373 e. The third kappa shape index (κ3) is 3.78. The van der Waals surface area contributed by atoms with Crippen molar-refractivity contribution in [2.75, 3.05) is 13.1 Å². The lowest BCUT2D eigenvalue weighted by molar-refractivity contribution is -0.0444. The van der Waals surface area contributed by atoms with Crippen LogP contribution < -0.4 is 4.72 Å². The van der Waals surface area contributed by atoms with Gasteiger partial charge in [-0.3, -0.25) is 0 Å². The van der Waals surface area contributed by atoms with E-state index in [1.807, 2.05) is 63.2 Å². The molecule has 24 heavy (non-hydrogen) atoms. The predicted molar refractivity (Wildman–Crippen MR) is 96.0 cm³/mol. The Hall–Kier alpha value is -1.47. The molecule has 1 aliphatic heterocycles. The highest BCUT2D eigenvalue weighted by Crippen LogP contribution is 2.22. The lowest BCUT2D eigenvalue weighted by Crippen LogP contribution is -2.52. The molecule has 2 aromatic rings. The molecule has 0 bridgehead atoms. The van der Waals surface area contributed by atoms with Gasteiger partial charge >= 0.3 is 0 Å². The fourth-order valence-corrected chi connectivity index (χ4v) is 4.71. The van der Waals surface area contributed by atoms with Gasteiger partial charge in [-0.15, -0.1) is 0 Å². The van der Waals surface area contributed by atoms with E-state index >= 15 is 0 Å². The van der Waals surface area contributed by atoms with Gasteiger partial charge in [0.15, 0.2) is 0 Å². The second-order valence-corrected chi connectivity index (χ2v) is 8.23. The fourth-order valence-electron chi connectivity index (χ4n) is 3.17. The van der Waals surface area contributed by atoms with Crippen LogP contribution in [0.2, 0.25) is 0 Å². The molecule has 3 unspecified atom stereocenters. The van der Waals surface area contributed by atoms with Crippen molar-refractivity contribution in [1.82, 2.24) is 9.03 Å². The van der Waals surface area contributed by atoms with Gasteiger partial charge in [0.1, 0.15) is 0 Å². The molecule has 0 radical (unpaired) electrons. The third-order valence-electron chi connectivity index (χ3n) is 4.33. The van der Waals surface area contributed by atoms with E-state index in [4.69, 9.17) is 4.74 Å². The van der Waals surface area contributed by atoms with E-state index in [0.717, 1.165) is 16.3 Å². The molecule has 0 spiro atoms. The summed E-state index contributed by atoms with van der Waals surface area (Å²) < 4.78 is 35.2. The topological polar surface area (TPSA) is 58.6 Å². The Morgan fingerprint density at radius 1 is 1.08 bits per heavy atom. The second-order valence-electron chi connectivity index (χ2n) is 6.53. The van der Waals surface area contributed by atoms with E-state index in [1.54, 1.807) is 0 Å². The number of hydrogen-bond acceptors (Lipinski definition) is 3. The molecule has 1 heterocycles. The lowest BCUT2D eigenvalue weighted by atomic mass is 10.0. The molecule has 3 atom stereocenters. The molecule has 2 aromatic carbocycles. The summed E-state index contributed by atoms with van der Waals surface area (Å²) in [5.41, 5.74) is 0.951. The minimum atomic E-state index is -3.55. The zero-order valence-corrected chi connectivity index (χ0v) is 15.1. The molecule has 0 amide bonds. The van der Waals surface area contributed by atoms with E-state index in [1.165, 1.54) is 4.31 Å². The summed E-state index contributed by atoms with van der Waals surface area (Å²) >= 11 is 0. The summed E-state index contributed by atoms with van der Waals surface area (Å²) in [5, 5.41) is 2.25. The number of rotatable bonds is 4. The molecular weight excluding hydrogens is 324 g/mol. The quantitative estimate of drug-likeness (QED) is 0.924. The van der Waals surface area contributed by atoms with Gasteiger partial charge in [0.25, 0.3) is 10.2 Å². The first-order valence-electron chi connectivity index (χ1n) is 8.27. The average Bonchev–Trinajstić information content (AvgIpc) is 2.53. The normalized spacial score (nSPS) is 24.1. The maximum Gasteiger partial charge on any atom is 0.280 e. The maximum absolute atomic E-state index is 12.7. The van der Waals surface area contributed by atoms with E-state index < -0.39 is 10.2 Å². The Bertz CT molecular complexity index is 812. The van der Waals surface area contributed by atoms with Gasteiger partial charge in [-0.25, -0.2) is 0 Å². The molecular formula is C18H24N2O3S. The van der Waals surface area contributed by atoms with Crippen molar-refractivity contribution >= 4 is 21.0 Å². The molecule has 0 aromatic heterocycles. The van der Waals surface area contributed by atoms with Crippen molar-refractivity contribution in [3.8, 4) is 0 Å². The van der Waals surface area contributed by atoms with Gasteiger partial charge in [-0.1, -0.05) is 36.4 Å². The van der Waals surface area contributed by atoms with Crippen LogP contribution in [0, 0.1) is 0 Å². The molecule has 0 saturated carbocycles.